The maximum absolute atomic E-state index is 8.81. The summed E-state index contributed by atoms with van der Waals surface area (Å²) in [5, 5.41) is 12.7. The number of rotatable bonds is 2. The maximum Gasteiger partial charge on any atom is 0.224 e. The lowest BCUT2D eigenvalue weighted by Crippen LogP contribution is -2.27. The van der Waals surface area contributed by atoms with Gasteiger partial charge in [0.2, 0.25) is 5.95 Å². The molecule has 15 heavy (non-hydrogen) atoms. The predicted molar refractivity (Wildman–Crippen MR) is 61.9 cm³/mol. The highest BCUT2D eigenvalue weighted by molar-refractivity contribution is 7.98. The summed E-state index contributed by atoms with van der Waals surface area (Å²) in [6.07, 6.45) is 3.44. The van der Waals surface area contributed by atoms with Gasteiger partial charge in [0.1, 0.15) is 16.7 Å². The third-order valence-electron chi connectivity index (χ3n) is 1.55. The van der Waals surface area contributed by atoms with Crippen molar-refractivity contribution >= 4 is 17.7 Å². The minimum atomic E-state index is -0.0795. The van der Waals surface area contributed by atoms with Gasteiger partial charge in [0, 0.05) is 5.54 Å². The van der Waals surface area contributed by atoms with Gasteiger partial charge in [0.15, 0.2) is 0 Å². The average molecular weight is 222 g/mol. The van der Waals surface area contributed by atoms with Crippen LogP contribution in [0.15, 0.2) is 11.2 Å². The second kappa shape index (κ2) is 4.49. The van der Waals surface area contributed by atoms with Crippen LogP contribution in [-0.2, 0) is 0 Å². The van der Waals surface area contributed by atoms with Crippen LogP contribution >= 0.6 is 11.8 Å². The fraction of sp³-hybridized carbons (Fsp3) is 0.500. The number of hydrogen-bond donors (Lipinski definition) is 1. The molecule has 0 radical (unpaired) electrons. The third kappa shape index (κ3) is 3.40. The normalized spacial score (nSPS) is 10.9. The van der Waals surface area contributed by atoms with E-state index in [9.17, 15) is 0 Å². The lowest BCUT2D eigenvalue weighted by atomic mass is 10.1. The lowest BCUT2D eigenvalue weighted by molar-refractivity contribution is 0.624. The van der Waals surface area contributed by atoms with E-state index in [2.05, 4.69) is 21.4 Å². The standard InChI is InChI=1S/C10H14N4S/c1-10(2,3)14-9-12-6-7(5-11)8(13-9)15-4/h6H,1-4H3,(H,12,13,14). The monoisotopic (exact) mass is 222 g/mol. The van der Waals surface area contributed by atoms with E-state index in [1.54, 1.807) is 6.20 Å². The molecule has 1 aromatic rings. The zero-order valence-corrected chi connectivity index (χ0v) is 10.1. The fourth-order valence-corrected chi connectivity index (χ4v) is 1.49. The summed E-state index contributed by atoms with van der Waals surface area (Å²) in [5.41, 5.74) is 0.436. The van der Waals surface area contributed by atoms with Gasteiger partial charge in [0.05, 0.1) is 6.20 Å². The zero-order valence-electron chi connectivity index (χ0n) is 9.33. The van der Waals surface area contributed by atoms with E-state index in [0.717, 1.165) is 0 Å². The molecule has 0 aliphatic rings. The first-order chi connectivity index (χ1) is 6.96. The summed E-state index contributed by atoms with van der Waals surface area (Å²) in [6, 6.07) is 2.06. The topological polar surface area (TPSA) is 61.6 Å². The Kier molecular flexibility index (Phi) is 3.53. The highest BCUT2D eigenvalue weighted by atomic mass is 32.2. The molecule has 0 unspecified atom stereocenters. The van der Waals surface area contributed by atoms with Crippen molar-refractivity contribution in [1.29, 1.82) is 5.26 Å². The average Bonchev–Trinajstić information content (AvgIpc) is 2.15. The van der Waals surface area contributed by atoms with Crippen molar-refractivity contribution in [1.82, 2.24) is 9.97 Å². The Bertz CT molecular complexity index is 389. The summed E-state index contributed by atoms with van der Waals surface area (Å²) in [4.78, 5) is 8.35. The molecule has 0 bridgehead atoms. The smallest absolute Gasteiger partial charge is 0.224 e. The van der Waals surface area contributed by atoms with E-state index < -0.39 is 0 Å². The number of thioether (sulfide) groups is 1. The minimum Gasteiger partial charge on any atom is -0.350 e. The van der Waals surface area contributed by atoms with Crippen molar-refractivity contribution in [3.8, 4) is 6.07 Å². The van der Waals surface area contributed by atoms with E-state index in [4.69, 9.17) is 5.26 Å². The summed E-state index contributed by atoms with van der Waals surface area (Å²) < 4.78 is 0. The van der Waals surface area contributed by atoms with Gasteiger partial charge in [0.25, 0.3) is 0 Å². The molecular weight excluding hydrogens is 208 g/mol. The third-order valence-corrected chi connectivity index (χ3v) is 2.25. The van der Waals surface area contributed by atoms with Crippen LogP contribution in [0.2, 0.25) is 0 Å². The molecule has 0 spiro atoms. The van der Waals surface area contributed by atoms with Crippen LogP contribution in [0.5, 0.6) is 0 Å². The largest absolute Gasteiger partial charge is 0.350 e. The summed E-state index contributed by atoms with van der Waals surface area (Å²) in [7, 11) is 0. The Morgan fingerprint density at radius 1 is 1.47 bits per heavy atom. The Morgan fingerprint density at radius 2 is 2.13 bits per heavy atom. The van der Waals surface area contributed by atoms with Crippen LogP contribution in [0.3, 0.4) is 0 Å². The van der Waals surface area contributed by atoms with Gasteiger partial charge in [-0.3, -0.25) is 0 Å². The maximum atomic E-state index is 8.81. The Balaban J connectivity index is 3.00. The number of nitriles is 1. The molecule has 1 N–H and O–H groups in total. The van der Waals surface area contributed by atoms with Crippen molar-refractivity contribution in [2.24, 2.45) is 0 Å². The minimum absolute atomic E-state index is 0.0795. The van der Waals surface area contributed by atoms with Gasteiger partial charge in [-0.15, -0.1) is 11.8 Å². The van der Waals surface area contributed by atoms with Gasteiger partial charge in [-0.2, -0.15) is 5.26 Å². The summed E-state index contributed by atoms with van der Waals surface area (Å²) in [5.74, 6) is 0.561. The molecule has 1 heterocycles. The Hall–Kier alpha value is -1.28. The molecule has 0 aliphatic carbocycles. The number of nitrogens with one attached hydrogen (secondary N) is 1. The van der Waals surface area contributed by atoms with Gasteiger partial charge in [-0.05, 0) is 27.0 Å². The Labute approximate surface area is 94.1 Å². The number of aromatic nitrogens is 2. The molecule has 0 atom stereocenters. The highest BCUT2D eigenvalue weighted by Gasteiger charge is 2.12. The van der Waals surface area contributed by atoms with Crippen LogP contribution in [0.1, 0.15) is 26.3 Å². The number of anilines is 1. The van der Waals surface area contributed by atoms with Gasteiger partial charge in [-0.25, -0.2) is 9.97 Å². The van der Waals surface area contributed by atoms with Crippen LogP contribution in [-0.4, -0.2) is 21.8 Å². The summed E-state index contributed by atoms with van der Waals surface area (Å²) in [6.45, 7) is 6.11. The van der Waals surface area contributed by atoms with Crippen molar-refractivity contribution in [3.05, 3.63) is 11.8 Å². The molecule has 1 rings (SSSR count). The lowest BCUT2D eigenvalue weighted by Gasteiger charge is -2.20. The first-order valence-electron chi connectivity index (χ1n) is 4.55. The van der Waals surface area contributed by atoms with Crippen molar-refractivity contribution in [3.63, 3.8) is 0 Å². The molecule has 1 aromatic heterocycles. The van der Waals surface area contributed by atoms with Gasteiger partial charge < -0.3 is 5.32 Å². The molecule has 5 heteroatoms. The first kappa shape index (κ1) is 11.8. The SMILES string of the molecule is CSc1nc(NC(C)(C)C)ncc1C#N. The second-order valence-electron chi connectivity index (χ2n) is 4.10. The molecule has 80 valence electrons. The van der Waals surface area contributed by atoms with E-state index in [-0.39, 0.29) is 5.54 Å². The molecule has 0 aromatic carbocycles. The van der Waals surface area contributed by atoms with E-state index in [1.165, 1.54) is 11.8 Å². The van der Waals surface area contributed by atoms with Crippen LogP contribution < -0.4 is 5.32 Å². The van der Waals surface area contributed by atoms with Crippen molar-refractivity contribution in [2.45, 2.75) is 31.3 Å². The molecule has 0 saturated carbocycles. The summed E-state index contributed by atoms with van der Waals surface area (Å²) >= 11 is 1.45. The van der Waals surface area contributed by atoms with Crippen molar-refractivity contribution < 1.29 is 0 Å². The van der Waals surface area contributed by atoms with E-state index in [1.807, 2.05) is 27.0 Å². The van der Waals surface area contributed by atoms with Crippen LogP contribution in [0.4, 0.5) is 5.95 Å². The zero-order chi connectivity index (χ0) is 11.5. The molecule has 4 nitrogen and oxygen atoms in total. The fourth-order valence-electron chi connectivity index (χ4n) is 0.994. The first-order valence-corrected chi connectivity index (χ1v) is 5.78. The second-order valence-corrected chi connectivity index (χ2v) is 4.90. The van der Waals surface area contributed by atoms with Crippen molar-refractivity contribution in [2.75, 3.05) is 11.6 Å². The number of hydrogen-bond acceptors (Lipinski definition) is 5. The molecule has 0 saturated heterocycles. The molecular formula is C10H14N4S. The van der Waals surface area contributed by atoms with Crippen LogP contribution in [0, 0.1) is 11.3 Å². The highest BCUT2D eigenvalue weighted by Crippen LogP contribution is 2.19. The van der Waals surface area contributed by atoms with E-state index >= 15 is 0 Å². The quantitative estimate of drug-likeness (QED) is 0.614. The molecule has 0 aliphatic heterocycles. The number of nitrogens with zero attached hydrogens (tertiary/aromatic N) is 3. The van der Waals surface area contributed by atoms with Crippen LogP contribution in [0.25, 0.3) is 0 Å². The Morgan fingerprint density at radius 3 is 2.60 bits per heavy atom. The predicted octanol–water partition coefficient (Wildman–Crippen LogP) is 2.28. The van der Waals surface area contributed by atoms with E-state index in [0.29, 0.717) is 16.5 Å². The van der Waals surface area contributed by atoms with Gasteiger partial charge in [-0.1, -0.05) is 0 Å². The van der Waals surface area contributed by atoms with Gasteiger partial charge >= 0.3 is 0 Å². The molecule has 0 fully saturated rings. The molecule has 0 amide bonds.